The van der Waals surface area contributed by atoms with E-state index in [4.69, 9.17) is 0 Å². The second-order valence-electron chi connectivity index (χ2n) is 8.66. The van der Waals surface area contributed by atoms with Gasteiger partial charge in [0.25, 0.3) is 0 Å². The van der Waals surface area contributed by atoms with Crippen LogP contribution in [0.5, 0.6) is 0 Å². The lowest BCUT2D eigenvalue weighted by atomic mass is 10.4. The molecule has 0 radical (unpaired) electrons. The second-order valence-corrected chi connectivity index (χ2v) is 24.3. The number of rotatable bonds is 5. The first-order valence-electron chi connectivity index (χ1n) is 8.41. The van der Waals surface area contributed by atoms with Crippen LogP contribution in [0, 0.1) is 0 Å². The molecule has 0 heterocycles. The van der Waals surface area contributed by atoms with E-state index >= 15 is 0 Å². The van der Waals surface area contributed by atoms with Crippen LogP contribution in [0.15, 0.2) is 60.7 Å². The summed E-state index contributed by atoms with van der Waals surface area (Å²) in [6.07, 6.45) is 0. The molecule has 0 fully saturated rings. The van der Waals surface area contributed by atoms with E-state index in [2.05, 4.69) is 87.8 Å². The van der Waals surface area contributed by atoms with E-state index in [1.165, 1.54) is 10.4 Å². The van der Waals surface area contributed by atoms with Crippen LogP contribution in [0.1, 0.15) is 0 Å². The highest BCUT2D eigenvalue weighted by atomic mass is 28.5. The van der Waals surface area contributed by atoms with Crippen LogP contribution in [0.4, 0.5) is 0 Å². The topological polar surface area (TPSA) is 20.2 Å². The summed E-state index contributed by atoms with van der Waals surface area (Å²) in [5.41, 5.74) is 0. The molecule has 0 aliphatic rings. The van der Waals surface area contributed by atoms with Crippen molar-refractivity contribution in [2.24, 2.45) is 0 Å². The van der Waals surface area contributed by atoms with E-state index in [-0.39, 0.29) is 0 Å². The van der Waals surface area contributed by atoms with Crippen molar-refractivity contribution >= 4 is 34.8 Å². The predicted octanol–water partition coefficient (Wildman–Crippen LogP) is 3.86. The third kappa shape index (κ3) is 3.76. The maximum atomic E-state index is 12.3. The molecule has 0 bridgehead atoms. The molecule has 0 aliphatic heterocycles. The quantitative estimate of drug-likeness (QED) is 0.805. The number of hydrogen-bond acceptors (Lipinski definition) is 1. The van der Waals surface area contributed by atoms with Gasteiger partial charge in [0.05, 0.1) is 0 Å². The van der Waals surface area contributed by atoms with Crippen LogP contribution >= 0.6 is 0 Å². The van der Waals surface area contributed by atoms with Crippen molar-refractivity contribution in [2.75, 3.05) is 0 Å². The van der Waals surface area contributed by atoms with Crippen LogP contribution in [-0.2, 0) is 0 Å². The maximum absolute atomic E-state index is 12.3. The third-order valence-corrected chi connectivity index (χ3v) is 24.2. The normalized spacial score (nSPS) is 13.4. The molecule has 23 heavy (non-hydrogen) atoms. The minimum atomic E-state index is -2.78. The largest absolute Gasteiger partial charge is 0.424 e. The van der Waals surface area contributed by atoms with Crippen LogP contribution in [0.2, 0.25) is 44.1 Å². The Morgan fingerprint density at radius 1 is 0.609 bits per heavy atom. The lowest BCUT2D eigenvalue weighted by Crippen LogP contribution is -2.71. The standard InChI is InChI=1S/C19H30OSi3/c1-21(2,3)19(22(4,5)6)23(20,17-13-9-7-10-14-17)18-15-11-8-12-16-18/h7-16,19-20H,1-6H3. The van der Waals surface area contributed by atoms with Gasteiger partial charge >= 0.3 is 0 Å². The summed E-state index contributed by atoms with van der Waals surface area (Å²) in [7, 11) is -5.88. The average molecular weight is 359 g/mol. The van der Waals surface area contributed by atoms with Gasteiger partial charge in [0.2, 0.25) is 8.32 Å². The fourth-order valence-corrected chi connectivity index (χ4v) is 29.3. The maximum Gasteiger partial charge on any atom is 0.250 e. The van der Waals surface area contributed by atoms with Crippen LogP contribution in [0.3, 0.4) is 0 Å². The Balaban J connectivity index is 2.77. The van der Waals surface area contributed by atoms with Gasteiger partial charge in [-0.2, -0.15) is 0 Å². The van der Waals surface area contributed by atoms with Gasteiger partial charge in [-0.25, -0.2) is 0 Å². The monoisotopic (exact) mass is 358 g/mol. The lowest BCUT2D eigenvalue weighted by molar-refractivity contribution is 0.567. The van der Waals surface area contributed by atoms with Crippen molar-refractivity contribution in [2.45, 2.75) is 44.1 Å². The van der Waals surface area contributed by atoms with E-state index in [1.807, 2.05) is 12.1 Å². The Morgan fingerprint density at radius 3 is 1.17 bits per heavy atom. The van der Waals surface area contributed by atoms with Crippen molar-refractivity contribution in [3.63, 3.8) is 0 Å². The van der Waals surface area contributed by atoms with Crippen molar-refractivity contribution in [1.29, 1.82) is 0 Å². The predicted molar refractivity (Wildman–Crippen MR) is 111 cm³/mol. The zero-order valence-electron chi connectivity index (χ0n) is 15.3. The summed E-state index contributed by atoms with van der Waals surface area (Å²) in [6.45, 7) is 14.6. The molecule has 0 saturated heterocycles. The summed E-state index contributed by atoms with van der Waals surface area (Å²) in [5.74, 6) is 0. The van der Waals surface area contributed by atoms with Gasteiger partial charge in [-0.05, 0) is 15.2 Å². The summed E-state index contributed by atoms with van der Waals surface area (Å²) < 4.78 is 0. The molecule has 0 aromatic heterocycles. The van der Waals surface area contributed by atoms with Gasteiger partial charge in [-0.3, -0.25) is 0 Å². The molecule has 1 nitrogen and oxygen atoms in total. The zero-order chi connectivity index (χ0) is 17.3. The highest BCUT2D eigenvalue weighted by Gasteiger charge is 2.55. The zero-order valence-corrected chi connectivity index (χ0v) is 18.3. The number of benzene rings is 2. The molecule has 124 valence electrons. The Bertz CT molecular complexity index is 574. The van der Waals surface area contributed by atoms with Crippen LogP contribution < -0.4 is 10.4 Å². The molecule has 0 spiro atoms. The van der Waals surface area contributed by atoms with Crippen molar-refractivity contribution in [1.82, 2.24) is 0 Å². The van der Waals surface area contributed by atoms with E-state index in [9.17, 15) is 4.80 Å². The van der Waals surface area contributed by atoms with Crippen LogP contribution in [0.25, 0.3) is 0 Å². The molecule has 0 unspecified atom stereocenters. The highest BCUT2D eigenvalue weighted by Crippen LogP contribution is 2.38. The third-order valence-electron chi connectivity index (χ3n) is 4.58. The van der Waals surface area contributed by atoms with Crippen molar-refractivity contribution < 1.29 is 4.80 Å². The first kappa shape index (κ1) is 18.4. The summed E-state index contributed by atoms with van der Waals surface area (Å²) in [6, 6.07) is 21.0. The Hall–Kier alpha value is -0.949. The summed E-state index contributed by atoms with van der Waals surface area (Å²) in [5, 5.41) is 2.34. The Labute approximate surface area is 144 Å². The van der Waals surface area contributed by atoms with Gasteiger partial charge in [0, 0.05) is 16.1 Å². The first-order valence-corrected chi connectivity index (χ1v) is 17.6. The molecule has 0 atom stereocenters. The van der Waals surface area contributed by atoms with E-state index < -0.39 is 24.5 Å². The molecule has 0 amide bonds. The smallest absolute Gasteiger partial charge is 0.250 e. The summed E-state index contributed by atoms with van der Waals surface area (Å²) in [4.78, 5) is 12.8. The van der Waals surface area contributed by atoms with Crippen LogP contribution in [-0.4, -0.2) is 29.3 Å². The second kappa shape index (κ2) is 6.51. The summed E-state index contributed by atoms with van der Waals surface area (Å²) >= 11 is 0. The van der Waals surface area contributed by atoms with Gasteiger partial charge in [0.15, 0.2) is 0 Å². The van der Waals surface area contributed by atoms with E-state index in [1.54, 1.807) is 0 Å². The van der Waals surface area contributed by atoms with Gasteiger partial charge in [-0.1, -0.05) is 99.9 Å². The molecular formula is C19H30OSi3. The minimum Gasteiger partial charge on any atom is -0.424 e. The van der Waals surface area contributed by atoms with Gasteiger partial charge in [0.1, 0.15) is 0 Å². The highest BCUT2D eigenvalue weighted by molar-refractivity contribution is 7.18. The molecule has 0 saturated carbocycles. The number of hydrogen-bond donors (Lipinski definition) is 1. The Morgan fingerprint density at radius 2 is 0.913 bits per heavy atom. The van der Waals surface area contributed by atoms with Crippen molar-refractivity contribution in [3.05, 3.63) is 60.7 Å². The molecule has 2 aromatic rings. The molecule has 4 heteroatoms. The van der Waals surface area contributed by atoms with Crippen molar-refractivity contribution in [3.8, 4) is 0 Å². The lowest BCUT2D eigenvalue weighted by Gasteiger charge is -2.47. The molecule has 2 aromatic carbocycles. The van der Waals surface area contributed by atoms with E-state index in [0.29, 0.717) is 4.79 Å². The average Bonchev–Trinajstić information content (AvgIpc) is 2.46. The SMILES string of the molecule is C[Si](C)(C)C([Si](C)(C)C)[Si](O)(c1ccccc1)c1ccccc1. The first-order chi connectivity index (χ1) is 10.6. The Kier molecular flexibility index (Phi) is 5.21. The fourth-order valence-electron chi connectivity index (χ4n) is 4.44. The minimum absolute atomic E-state index is 0.465. The molecule has 1 N–H and O–H groups in total. The molecule has 0 aliphatic carbocycles. The molecule has 2 rings (SSSR count). The fraction of sp³-hybridized carbons (Fsp3) is 0.368. The molecular weight excluding hydrogens is 328 g/mol. The van der Waals surface area contributed by atoms with Gasteiger partial charge in [-0.15, -0.1) is 0 Å². The van der Waals surface area contributed by atoms with Gasteiger partial charge < -0.3 is 4.80 Å². The van der Waals surface area contributed by atoms with E-state index in [0.717, 1.165) is 0 Å².